The maximum absolute atomic E-state index is 12.7. The number of benzene rings is 3. The van der Waals surface area contributed by atoms with Crippen molar-refractivity contribution in [1.82, 2.24) is 5.43 Å². The molecule has 0 aromatic heterocycles. The summed E-state index contributed by atoms with van der Waals surface area (Å²) in [6.07, 6.45) is 0.161. The van der Waals surface area contributed by atoms with Crippen molar-refractivity contribution < 1.29 is 14.3 Å². The lowest BCUT2D eigenvalue weighted by atomic mass is 10.1. The Kier molecular flexibility index (Phi) is 6.97. The molecule has 3 aromatic rings. The summed E-state index contributed by atoms with van der Waals surface area (Å²) in [6.45, 7) is 0.629. The van der Waals surface area contributed by atoms with E-state index >= 15 is 0 Å². The molecule has 0 unspecified atom stereocenters. The first-order valence-electron chi connectivity index (χ1n) is 10.1. The third-order valence-corrected chi connectivity index (χ3v) is 6.08. The van der Waals surface area contributed by atoms with Crippen molar-refractivity contribution in [3.63, 3.8) is 0 Å². The molecular formula is C24H21BrClN3O3. The van der Waals surface area contributed by atoms with Crippen LogP contribution in [0.5, 0.6) is 5.75 Å². The monoisotopic (exact) mass is 513 g/mol. The zero-order valence-electron chi connectivity index (χ0n) is 17.1. The van der Waals surface area contributed by atoms with Crippen molar-refractivity contribution in [2.45, 2.75) is 13.0 Å². The minimum absolute atomic E-state index is 0.0732. The van der Waals surface area contributed by atoms with E-state index in [1.165, 1.54) is 0 Å². The summed E-state index contributed by atoms with van der Waals surface area (Å²) in [6, 6.07) is 22.2. The Morgan fingerprint density at radius 1 is 1.06 bits per heavy atom. The van der Waals surface area contributed by atoms with Gasteiger partial charge in [-0.1, -0.05) is 57.9 Å². The van der Waals surface area contributed by atoms with E-state index in [9.17, 15) is 9.59 Å². The highest BCUT2D eigenvalue weighted by Gasteiger charge is 2.35. The number of amides is 2. The van der Waals surface area contributed by atoms with Gasteiger partial charge in [0, 0.05) is 33.7 Å². The van der Waals surface area contributed by atoms with Crippen LogP contribution in [0.25, 0.3) is 0 Å². The van der Waals surface area contributed by atoms with Crippen molar-refractivity contribution in [1.29, 1.82) is 0 Å². The molecule has 0 aliphatic carbocycles. The fourth-order valence-electron chi connectivity index (χ4n) is 3.45. The molecule has 1 aliphatic rings. The largest absolute Gasteiger partial charge is 0.487 e. The third-order valence-electron chi connectivity index (χ3n) is 5.18. The zero-order valence-corrected chi connectivity index (χ0v) is 19.4. The highest BCUT2D eigenvalue weighted by Crippen LogP contribution is 2.28. The molecule has 3 aromatic carbocycles. The summed E-state index contributed by atoms with van der Waals surface area (Å²) in [5, 5.41) is 0.632. The minimum Gasteiger partial charge on any atom is -0.487 e. The normalized spacial score (nSPS) is 15.5. The van der Waals surface area contributed by atoms with Crippen LogP contribution < -0.4 is 20.5 Å². The zero-order chi connectivity index (χ0) is 22.5. The summed E-state index contributed by atoms with van der Waals surface area (Å²) in [5.74, 6) is -0.198. The number of hydrogen-bond acceptors (Lipinski definition) is 4. The molecule has 1 fully saturated rings. The van der Waals surface area contributed by atoms with Crippen molar-refractivity contribution in [2.24, 2.45) is 5.92 Å². The van der Waals surface area contributed by atoms with Gasteiger partial charge in [-0.15, -0.1) is 0 Å². The van der Waals surface area contributed by atoms with Gasteiger partial charge in [0.05, 0.1) is 11.6 Å². The molecule has 6 nitrogen and oxygen atoms in total. The number of carbonyl (C=O) groups is 2. The SMILES string of the molecule is O=C(NNc1ccccc1OCc1ccccc1Cl)[C@@H]1CC(=O)N(c2ccc(Br)cc2)C1. The Labute approximate surface area is 199 Å². The second-order valence-electron chi connectivity index (χ2n) is 7.37. The lowest BCUT2D eigenvalue weighted by molar-refractivity contribution is -0.125. The van der Waals surface area contributed by atoms with Crippen LogP contribution in [-0.2, 0) is 16.2 Å². The van der Waals surface area contributed by atoms with Crippen LogP contribution in [0.4, 0.5) is 11.4 Å². The second kappa shape index (κ2) is 10.1. The molecule has 1 saturated heterocycles. The van der Waals surface area contributed by atoms with Gasteiger partial charge in [-0.05, 0) is 42.5 Å². The van der Waals surface area contributed by atoms with Gasteiger partial charge >= 0.3 is 0 Å². The van der Waals surface area contributed by atoms with Gasteiger partial charge in [-0.2, -0.15) is 0 Å². The number of carbonyl (C=O) groups excluding carboxylic acids is 2. The van der Waals surface area contributed by atoms with Crippen LogP contribution in [0.3, 0.4) is 0 Å². The molecular weight excluding hydrogens is 494 g/mol. The molecule has 4 rings (SSSR count). The fourth-order valence-corrected chi connectivity index (χ4v) is 3.91. The Morgan fingerprint density at radius 3 is 2.56 bits per heavy atom. The van der Waals surface area contributed by atoms with E-state index in [0.29, 0.717) is 29.6 Å². The first kappa shape index (κ1) is 22.2. The van der Waals surface area contributed by atoms with Crippen molar-refractivity contribution in [2.75, 3.05) is 16.9 Å². The Bertz CT molecular complexity index is 1120. The van der Waals surface area contributed by atoms with Crippen molar-refractivity contribution >= 4 is 50.7 Å². The predicted molar refractivity (Wildman–Crippen MR) is 129 cm³/mol. The van der Waals surface area contributed by atoms with Crippen LogP contribution in [0.1, 0.15) is 12.0 Å². The Balaban J connectivity index is 1.36. The highest BCUT2D eigenvalue weighted by atomic mass is 79.9. The second-order valence-corrected chi connectivity index (χ2v) is 8.70. The summed E-state index contributed by atoms with van der Waals surface area (Å²) in [7, 11) is 0. The number of hydrogen-bond donors (Lipinski definition) is 2. The van der Waals surface area contributed by atoms with Crippen LogP contribution in [0.15, 0.2) is 77.3 Å². The molecule has 1 heterocycles. The first-order chi connectivity index (χ1) is 15.5. The number of hydrazine groups is 1. The van der Waals surface area contributed by atoms with E-state index in [4.69, 9.17) is 16.3 Å². The van der Waals surface area contributed by atoms with Gasteiger partial charge in [0.1, 0.15) is 12.4 Å². The number of nitrogens with zero attached hydrogens (tertiary/aromatic N) is 1. The standard InChI is InChI=1S/C24H21BrClN3O3/c25-18-9-11-19(12-10-18)29-14-17(13-23(29)30)24(31)28-27-21-7-3-4-8-22(21)32-15-16-5-1-2-6-20(16)26/h1-12,17,27H,13-15H2,(H,28,31)/t17-/m1/s1. The minimum atomic E-state index is -0.449. The molecule has 2 N–H and O–H groups in total. The molecule has 32 heavy (non-hydrogen) atoms. The lowest BCUT2D eigenvalue weighted by Gasteiger charge is -2.18. The molecule has 0 spiro atoms. The summed E-state index contributed by atoms with van der Waals surface area (Å²) < 4.78 is 6.83. The van der Waals surface area contributed by atoms with E-state index in [1.807, 2.05) is 60.7 Å². The number of halogens is 2. The van der Waals surface area contributed by atoms with Gasteiger partial charge < -0.3 is 9.64 Å². The van der Waals surface area contributed by atoms with Crippen molar-refractivity contribution in [3.8, 4) is 5.75 Å². The van der Waals surface area contributed by atoms with Crippen LogP contribution in [0.2, 0.25) is 5.02 Å². The average molecular weight is 515 g/mol. The van der Waals surface area contributed by atoms with Crippen LogP contribution >= 0.6 is 27.5 Å². The topological polar surface area (TPSA) is 70.7 Å². The maximum Gasteiger partial charge on any atom is 0.243 e. The molecule has 1 aliphatic heterocycles. The smallest absolute Gasteiger partial charge is 0.243 e. The number of anilines is 2. The van der Waals surface area contributed by atoms with Gasteiger partial charge in [-0.3, -0.25) is 20.4 Å². The molecule has 8 heteroatoms. The number of rotatable bonds is 7. The summed E-state index contributed by atoms with van der Waals surface area (Å²) in [5.41, 5.74) is 7.89. The fraction of sp³-hybridized carbons (Fsp3) is 0.167. The summed E-state index contributed by atoms with van der Waals surface area (Å²) in [4.78, 5) is 26.8. The van der Waals surface area contributed by atoms with E-state index < -0.39 is 5.92 Å². The third kappa shape index (κ3) is 5.23. The van der Waals surface area contributed by atoms with E-state index in [1.54, 1.807) is 17.0 Å². The molecule has 0 radical (unpaired) electrons. The number of para-hydroxylation sites is 2. The molecule has 0 bridgehead atoms. The highest BCUT2D eigenvalue weighted by molar-refractivity contribution is 9.10. The van der Waals surface area contributed by atoms with Gasteiger partial charge in [-0.25, -0.2) is 0 Å². The Hall–Kier alpha value is -3.03. The quantitative estimate of drug-likeness (QED) is 0.426. The Morgan fingerprint density at radius 2 is 1.78 bits per heavy atom. The van der Waals surface area contributed by atoms with Crippen molar-refractivity contribution in [3.05, 3.63) is 87.9 Å². The summed E-state index contributed by atoms with van der Waals surface area (Å²) >= 11 is 9.58. The molecule has 0 saturated carbocycles. The van der Waals surface area contributed by atoms with E-state index in [2.05, 4.69) is 26.8 Å². The average Bonchev–Trinajstić information content (AvgIpc) is 3.19. The predicted octanol–water partition coefficient (Wildman–Crippen LogP) is 5.18. The number of nitrogens with one attached hydrogen (secondary N) is 2. The molecule has 164 valence electrons. The lowest BCUT2D eigenvalue weighted by Crippen LogP contribution is -2.36. The van der Waals surface area contributed by atoms with Crippen LogP contribution in [-0.4, -0.2) is 18.4 Å². The maximum atomic E-state index is 12.7. The van der Waals surface area contributed by atoms with Gasteiger partial charge in [0.15, 0.2) is 0 Å². The number of ether oxygens (including phenoxy) is 1. The van der Waals surface area contributed by atoms with Gasteiger partial charge in [0.25, 0.3) is 0 Å². The van der Waals surface area contributed by atoms with Gasteiger partial charge in [0.2, 0.25) is 11.8 Å². The van der Waals surface area contributed by atoms with E-state index in [-0.39, 0.29) is 18.2 Å². The van der Waals surface area contributed by atoms with E-state index in [0.717, 1.165) is 15.7 Å². The molecule has 2 amide bonds. The molecule has 1 atom stereocenters. The first-order valence-corrected chi connectivity index (χ1v) is 11.3. The van der Waals surface area contributed by atoms with Crippen LogP contribution in [0, 0.1) is 5.92 Å².